The molecule has 3 N–H and O–H groups in total. The van der Waals surface area contributed by atoms with Gasteiger partial charge in [0.1, 0.15) is 11.6 Å². The predicted molar refractivity (Wildman–Crippen MR) is 76.2 cm³/mol. The Bertz CT molecular complexity index is 567. The summed E-state index contributed by atoms with van der Waals surface area (Å²) in [5.41, 5.74) is 4.26. The van der Waals surface area contributed by atoms with E-state index < -0.39 is 0 Å². The lowest BCUT2D eigenvalue weighted by Crippen LogP contribution is -2.10. The second-order valence-electron chi connectivity index (χ2n) is 3.92. The number of halogens is 1. The van der Waals surface area contributed by atoms with Crippen LogP contribution in [0.15, 0.2) is 24.3 Å². The van der Waals surface area contributed by atoms with Gasteiger partial charge in [-0.15, -0.1) is 0 Å². The molecule has 0 aliphatic carbocycles. The number of nitrogens with two attached hydrogens (primary N) is 1. The molecule has 0 saturated heterocycles. The summed E-state index contributed by atoms with van der Waals surface area (Å²) in [7, 11) is 1.57. The maximum atomic E-state index is 6.11. The zero-order valence-electron chi connectivity index (χ0n) is 10.8. The summed E-state index contributed by atoms with van der Waals surface area (Å²) >= 11 is 6.11. The highest BCUT2D eigenvalue weighted by molar-refractivity contribution is 6.32. The van der Waals surface area contributed by atoms with Gasteiger partial charge < -0.3 is 10.2 Å². The molecule has 5 nitrogen and oxygen atoms in total. The molecular weight excluding hydrogens is 264 g/mol. The van der Waals surface area contributed by atoms with Crippen LogP contribution in [-0.2, 0) is 6.42 Å². The van der Waals surface area contributed by atoms with E-state index in [9.17, 15) is 0 Å². The van der Waals surface area contributed by atoms with E-state index in [0.717, 1.165) is 17.7 Å². The Morgan fingerprint density at radius 2 is 2.11 bits per heavy atom. The number of rotatable bonds is 4. The van der Waals surface area contributed by atoms with Crippen molar-refractivity contribution in [2.24, 2.45) is 5.84 Å². The van der Waals surface area contributed by atoms with Gasteiger partial charge in [0.2, 0.25) is 0 Å². The van der Waals surface area contributed by atoms with Gasteiger partial charge >= 0.3 is 0 Å². The SMILES string of the molecule is CCc1cc(NN)nc(-c2ccc(OC)c(Cl)c2)n1. The first kappa shape index (κ1) is 13.6. The second-order valence-corrected chi connectivity index (χ2v) is 4.32. The molecule has 0 aliphatic rings. The fraction of sp³-hybridized carbons (Fsp3) is 0.231. The van der Waals surface area contributed by atoms with Gasteiger partial charge in [-0.1, -0.05) is 18.5 Å². The summed E-state index contributed by atoms with van der Waals surface area (Å²) in [6, 6.07) is 7.24. The van der Waals surface area contributed by atoms with Crippen LogP contribution in [0.5, 0.6) is 5.75 Å². The summed E-state index contributed by atoms with van der Waals surface area (Å²) in [5, 5.41) is 0.521. The van der Waals surface area contributed by atoms with Crippen molar-refractivity contribution in [1.29, 1.82) is 0 Å². The molecule has 0 bridgehead atoms. The minimum absolute atomic E-state index is 0.521. The molecule has 0 fully saturated rings. The zero-order chi connectivity index (χ0) is 13.8. The number of aryl methyl sites for hydroxylation is 1. The summed E-state index contributed by atoms with van der Waals surface area (Å²) in [6.45, 7) is 2.02. The van der Waals surface area contributed by atoms with E-state index in [4.69, 9.17) is 22.2 Å². The van der Waals surface area contributed by atoms with Crippen molar-refractivity contribution < 1.29 is 4.74 Å². The Labute approximate surface area is 116 Å². The van der Waals surface area contributed by atoms with Gasteiger partial charge in [0.05, 0.1) is 12.1 Å². The quantitative estimate of drug-likeness (QED) is 0.664. The Hall–Kier alpha value is -1.85. The molecule has 2 rings (SSSR count). The van der Waals surface area contributed by atoms with Crippen molar-refractivity contribution >= 4 is 17.4 Å². The molecule has 1 heterocycles. The second kappa shape index (κ2) is 5.86. The topological polar surface area (TPSA) is 73.1 Å². The molecule has 1 aromatic heterocycles. The number of benzene rings is 1. The first-order valence-corrected chi connectivity index (χ1v) is 6.24. The third-order valence-electron chi connectivity index (χ3n) is 2.70. The van der Waals surface area contributed by atoms with Crippen LogP contribution >= 0.6 is 11.6 Å². The Kier molecular flexibility index (Phi) is 4.19. The van der Waals surface area contributed by atoms with E-state index in [2.05, 4.69) is 15.4 Å². The molecule has 0 saturated carbocycles. The Morgan fingerprint density at radius 1 is 1.32 bits per heavy atom. The van der Waals surface area contributed by atoms with Crippen molar-refractivity contribution in [2.45, 2.75) is 13.3 Å². The Balaban J connectivity index is 2.48. The molecule has 0 amide bonds. The first-order valence-electron chi connectivity index (χ1n) is 5.86. The lowest BCUT2D eigenvalue weighted by Gasteiger charge is -2.08. The number of aromatic nitrogens is 2. The standard InChI is InChI=1S/C13H15ClN4O/c1-3-9-7-12(18-15)17-13(16-9)8-4-5-11(19-2)10(14)6-8/h4-7H,3,15H2,1-2H3,(H,16,17,18). The fourth-order valence-electron chi connectivity index (χ4n) is 1.69. The smallest absolute Gasteiger partial charge is 0.161 e. The minimum Gasteiger partial charge on any atom is -0.495 e. The average molecular weight is 279 g/mol. The van der Waals surface area contributed by atoms with Crippen molar-refractivity contribution in [3.63, 3.8) is 0 Å². The number of nitrogen functional groups attached to an aromatic ring is 1. The van der Waals surface area contributed by atoms with Crippen molar-refractivity contribution in [2.75, 3.05) is 12.5 Å². The van der Waals surface area contributed by atoms with E-state index in [0.29, 0.717) is 22.4 Å². The maximum absolute atomic E-state index is 6.11. The average Bonchev–Trinajstić information content (AvgIpc) is 2.46. The van der Waals surface area contributed by atoms with Crippen LogP contribution in [0, 0.1) is 0 Å². The van der Waals surface area contributed by atoms with Gasteiger partial charge in [0, 0.05) is 17.3 Å². The predicted octanol–water partition coefficient (Wildman–Crippen LogP) is 2.65. The van der Waals surface area contributed by atoms with Gasteiger partial charge in [-0.25, -0.2) is 15.8 Å². The molecule has 1 aromatic carbocycles. The van der Waals surface area contributed by atoms with Crippen molar-refractivity contribution in [3.8, 4) is 17.1 Å². The van der Waals surface area contributed by atoms with Gasteiger partial charge in [0.15, 0.2) is 5.82 Å². The van der Waals surface area contributed by atoms with Crippen LogP contribution in [0.25, 0.3) is 11.4 Å². The van der Waals surface area contributed by atoms with Crippen LogP contribution < -0.4 is 16.0 Å². The lowest BCUT2D eigenvalue weighted by atomic mass is 10.2. The van der Waals surface area contributed by atoms with Crippen molar-refractivity contribution in [1.82, 2.24) is 9.97 Å². The number of hydrazine groups is 1. The summed E-state index contributed by atoms with van der Waals surface area (Å²) in [4.78, 5) is 8.78. The van der Waals surface area contributed by atoms with E-state index in [1.54, 1.807) is 19.2 Å². The number of hydrogen-bond donors (Lipinski definition) is 2. The van der Waals surface area contributed by atoms with Gasteiger partial charge in [-0.05, 0) is 24.6 Å². The number of hydrogen-bond acceptors (Lipinski definition) is 5. The lowest BCUT2D eigenvalue weighted by molar-refractivity contribution is 0.415. The molecule has 0 spiro atoms. The van der Waals surface area contributed by atoms with Crippen LogP contribution in [-0.4, -0.2) is 17.1 Å². The third kappa shape index (κ3) is 2.94. The molecule has 2 aromatic rings. The number of ether oxygens (including phenoxy) is 1. The number of methoxy groups -OCH3 is 1. The van der Waals surface area contributed by atoms with Gasteiger partial charge in [-0.3, -0.25) is 0 Å². The van der Waals surface area contributed by atoms with Crippen LogP contribution in [0.3, 0.4) is 0 Å². The van der Waals surface area contributed by atoms with Crippen LogP contribution in [0.4, 0.5) is 5.82 Å². The first-order chi connectivity index (χ1) is 9.17. The molecule has 19 heavy (non-hydrogen) atoms. The highest BCUT2D eigenvalue weighted by Gasteiger charge is 2.08. The molecular formula is C13H15ClN4O. The number of anilines is 1. The summed E-state index contributed by atoms with van der Waals surface area (Å²) < 4.78 is 5.12. The maximum Gasteiger partial charge on any atom is 0.161 e. The van der Waals surface area contributed by atoms with E-state index >= 15 is 0 Å². The molecule has 0 atom stereocenters. The third-order valence-corrected chi connectivity index (χ3v) is 2.99. The minimum atomic E-state index is 0.521. The zero-order valence-corrected chi connectivity index (χ0v) is 11.5. The molecule has 100 valence electrons. The highest BCUT2D eigenvalue weighted by Crippen LogP contribution is 2.29. The monoisotopic (exact) mass is 278 g/mol. The number of nitrogens with one attached hydrogen (secondary N) is 1. The largest absolute Gasteiger partial charge is 0.495 e. The fourth-order valence-corrected chi connectivity index (χ4v) is 1.94. The summed E-state index contributed by atoms with van der Waals surface area (Å²) in [6.07, 6.45) is 0.800. The highest BCUT2D eigenvalue weighted by atomic mass is 35.5. The van der Waals surface area contributed by atoms with Gasteiger partial charge in [-0.2, -0.15) is 0 Å². The Morgan fingerprint density at radius 3 is 2.68 bits per heavy atom. The van der Waals surface area contributed by atoms with Crippen LogP contribution in [0.1, 0.15) is 12.6 Å². The summed E-state index contributed by atoms with van der Waals surface area (Å²) in [5.74, 6) is 7.19. The van der Waals surface area contributed by atoms with Crippen molar-refractivity contribution in [3.05, 3.63) is 35.0 Å². The van der Waals surface area contributed by atoms with Gasteiger partial charge in [0.25, 0.3) is 0 Å². The number of nitrogens with zero attached hydrogens (tertiary/aromatic N) is 2. The van der Waals surface area contributed by atoms with E-state index in [-0.39, 0.29) is 0 Å². The van der Waals surface area contributed by atoms with Crippen LogP contribution in [0.2, 0.25) is 5.02 Å². The van der Waals surface area contributed by atoms with E-state index in [1.807, 2.05) is 19.1 Å². The molecule has 6 heteroatoms. The molecule has 0 aliphatic heterocycles. The molecule has 0 unspecified atom stereocenters. The van der Waals surface area contributed by atoms with E-state index in [1.165, 1.54) is 0 Å². The normalized spacial score (nSPS) is 10.3. The molecule has 0 radical (unpaired) electrons.